The van der Waals surface area contributed by atoms with Crippen molar-refractivity contribution >= 4 is 39.5 Å². The third-order valence-corrected chi connectivity index (χ3v) is 18.5. The highest BCUT2D eigenvalue weighted by Crippen LogP contribution is 2.45. The van der Waals surface area contributed by atoms with Gasteiger partial charge in [0.05, 0.1) is 26.4 Å². The van der Waals surface area contributed by atoms with Crippen LogP contribution >= 0.6 is 15.6 Å². The van der Waals surface area contributed by atoms with Gasteiger partial charge in [0.15, 0.2) is 12.2 Å². The lowest BCUT2D eigenvalue weighted by Gasteiger charge is -2.21. The molecule has 0 radical (unpaired) electrons. The van der Waals surface area contributed by atoms with E-state index >= 15 is 0 Å². The Morgan fingerprint density at radius 2 is 0.510 bits per heavy atom. The highest BCUT2D eigenvalue weighted by atomic mass is 31.2. The predicted octanol–water partition coefficient (Wildman–Crippen LogP) is 23.7. The fraction of sp³-hybridized carbons (Fsp3) is 0.694. The van der Waals surface area contributed by atoms with Crippen LogP contribution in [-0.2, 0) is 65.4 Å². The van der Waals surface area contributed by atoms with E-state index in [0.717, 1.165) is 180 Å². The minimum atomic E-state index is -4.99. The minimum Gasteiger partial charge on any atom is -0.462 e. The summed E-state index contributed by atoms with van der Waals surface area (Å²) >= 11 is 0. The quantitative estimate of drug-likeness (QED) is 0.0169. The molecule has 0 fully saturated rings. The van der Waals surface area contributed by atoms with Crippen molar-refractivity contribution in [3.8, 4) is 0 Å². The average molecular weight is 1500 g/mol. The van der Waals surface area contributed by atoms with E-state index in [0.29, 0.717) is 32.1 Å². The first-order valence-electron chi connectivity index (χ1n) is 40.4. The third-order valence-electron chi connectivity index (χ3n) is 16.6. The van der Waals surface area contributed by atoms with Gasteiger partial charge in [0, 0.05) is 25.7 Å². The molecule has 0 aliphatic rings. The van der Waals surface area contributed by atoms with Crippen molar-refractivity contribution in [2.24, 2.45) is 0 Å². The van der Waals surface area contributed by atoms with Crippen LogP contribution in [0.5, 0.6) is 0 Å². The van der Waals surface area contributed by atoms with Crippen LogP contribution in [0.3, 0.4) is 0 Å². The second kappa shape index (κ2) is 76.4. The molecular formula is C85H144O17P2. The van der Waals surface area contributed by atoms with Gasteiger partial charge in [0.2, 0.25) is 0 Å². The van der Waals surface area contributed by atoms with Crippen molar-refractivity contribution in [3.05, 3.63) is 134 Å². The smallest absolute Gasteiger partial charge is 0.462 e. The molecular weight excluding hydrogens is 1350 g/mol. The number of rotatable bonds is 75. The maximum atomic E-state index is 13.1. The van der Waals surface area contributed by atoms with E-state index < -0.39 is 97.5 Å². The molecule has 19 heteroatoms. The molecule has 0 spiro atoms. The van der Waals surface area contributed by atoms with Gasteiger partial charge in [0.25, 0.3) is 0 Å². The van der Waals surface area contributed by atoms with Crippen LogP contribution in [0.25, 0.3) is 0 Å². The van der Waals surface area contributed by atoms with Crippen LogP contribution in [0.15, 0.2) is 134 Å². The number of allylic oxidation sites excluding steroid dienone is 22. The van der Waals surface area contributed by atoms with E-state index in [1.807, 2.05) is 12.2 Å². The zero-order valence-corrected chi connectivity index (χ0v) is 66.9. The molecule has 0 rings (SSSR count). The molecule has 3 N–H and O–H groups in total. The van der Waals surface area contributed by atoms with Gasteiger partial charge in [-0.25, -0.2) is 9.13 Å². The van der Waals surface area contributed by atoms with Crippen LogP contribution in [-0.4, -0.2) is 96.7 Å². The van der Waals surface area contributed by atoms with E-state index in [1.54, 1.807) is 0 Å². The Morgan fingerprint density at radius 1 is 0.279 bits per heavy atom. The van der Waals surface area contributed by atoms with Gasteiger partial charge < -0.3 is 33.8 Å². The van der Waals surface area contributed by atoms with Crippen molar-refractivity contribution in [1.29, 1.82) is 0 Å². The Morgan fingerprint density at radius 3 is 0.827 bits per heavy atom. The molecule has 0 saturated carbocycles. The van der Waals surface area contributed by atoms with E-state index in [1.165, 1.54) is 57.8 Å². The number of hydrogen-bond donors (Lipinski definition) is 3. The molecule has 0 aliphatic heterocycles. The zero-order chi connectivity index (χ0) is 76.0. The molecule has 0 aromatic carbocycles. The summed E-state index contributed by atoms with van der Waals surface area (Å²) in [5.74, 6) is -2.26. The molecule has 596 valence electrons. The lowest BCUT2D eigenvalue weighted by atomic mass is 10.1. The summed E-state index contributed by atoms with van der Waals surface area (Å²) in [6.45, 7) is 4.55. The highest BCUT2D eigenvalue weighted by Gasteiger charge is 2.30. The van der Waals surface area contributed by atoms with E-state index in [4.69, 9.17) is 37.0 Å². The van der Waals surface area contributed by atoms with Crippen molar-refractivity contribution in [2.45, 2.75) is 341 Å². The zero-order valence-electron chi connectivity index (χ0n) is 65.2. The standard InChI is InChI=1S/C85H144O17P2/c1-5-9-13-17-21-25-29-32-35-38-39-42-44-47-51-54-58-62-66-70-83(88)96-76-81(102-85(90)72-68-64-60-56-52-48-45-41-37-34-31-27-23-19-15-11-7-3)78-100-104(93,94)98-74-79(86)73-97-103(91,92)99-77-80(101-84(89)71-67-63-59-55-49-28-24-20-16-12-8-4)75-95-82(87)69-65-61-57-53-50-46-43-40-36-33-30-26-22-18-14-10-6-2/h10-11,14-15,21-23,25-27,32-37,39,42-43,46,53,57,79-81,86H,5-9,12-13,16-20,24,28-31,38,40-41,44-45,47-52,54-56,58-78H2,1-4H3,(H,91,92)(H,93,94)/b14-10-,15-11-,25-21-,26-22-,27-23-,35-32-,36-33-,37-34-,42-39-,46-43-,57-53-. The summed E-state index contributed by atoms with van der Waals surface area (Å²) < 4.78 is 68.6. The maximum Gasteiger partial charge on any atom is 0.472 e. The summed E-state index contributed by atoms with van der Waals surface area (Å²) in [6, 6.07) is 0. The maximum absolute atomic E-state index is 13.1. The molecule has 0 amide bonds. The Labute approximate surface area is 631 Å². The number of aliphatic hydroxyl groups is 1. The molecule has 0 heterocycles. The topological polar surface area (TPSA) is 237 Å². The molecule has 0 aliphatic carbocycles. The van der Waals surface area contributed by atoms with Gasteiger partial charge in [-0.1, -0.05) is 296 Å². The van der Waals surface area contributed by atoms with Crippen molar-refractivity contribution in [3.63, 3.8) is 0 Å². The van der Waals surface area contributed by atoms with E-state index in [9.17, 15) is 43.2 Å². The molecule has 0 aromatic heterocycles. The van der Waals surface area contributed by atoms with Gasteiger partial charge in [-0.2, -0.15) is 0 Å². The van der Waals surface area contributed by atoms with Gasteiger partial charge in [0.1, 0.15) is 19.3 Å². The highest BCUT2D eigenvalue weighted by molar-refractivity contribution is 7.47. The molecule has 0 aromatic rings. The normalized spacial score (nSPS) is 14.6. The van der Waals surface area contributed by atoms with Crippen molar-refractivity contribution in [2.75, 3.05) is 39.6 Å². The third kappa shape index (κ3) is 75.4. The fourth-order valence-corrected chi connectivity index (χ4v) is 12.1. The second-order valence-electron chi connectivity index (χ2n) is 26.6. The molecule has 104 heavy (non-hydrogen) atoms. The molecule has 0 saturated heterocycles. The van der Waals surface area contributed by atoms with Crippen molar-refractivity contribution < 1.29 is 80.2 Å². The number of aliphatic hydroxyl groups excluding tert-OH is 1. The lowest BCUT2D eigenvalue weighted by molar-refractivity contribution is -0.161. The van der Waals surface area contributed by atoms with Crippen LogP contribution < -0.4 is 0 Å². The molecule has 5 atom stereocenters. The van der Waals surface area contributed by atoms with Crippen molar-refractivity contribution in [1.82, 2.24) is 0 Å². The van der Waals surface area contributed by atoms with Gasteiger partial charge in [-0.15, -0.1) is 0 Å². The minimum absolute atomic E-state index is 0.0771. The summed E-state index contributed by atoms with van der Waals surface area (Å²) in [7, 11) is -9.98. The summed E-state index contributed by atoms with van der Waals surface area (Å²) in [4.78, 5) is 73.0. The number of unbranched alkanes of at least 4 members (excludes halogenated alkanes) is 27. The first-order valence-corrected chi connectivity index (χ1v) is 43.4. The largest absolute Gasteiger partial charge is 0.472 e. The number of phosphoric ester groups is 2. The van der Waals surface area contributed by atoms with Crippen LogP contribution in [0.4, 0.5) is 0 Å². The Hall–Kier alpha value is -4.80. The number of carbonyl (C=O) groups excluding carboxylic acids is 4. The monoisotopic (exact) mass is 1500 g/mol. The van der Waals surface area contributed by atoms with Gasteiger partial charge >= 0.3 is 39.5 Å². The Balaban J connectivity index is 5.39. The Kier molecular flexibility index (Phi) is 72.9. The molecule has 17 nitrogen and oxygen atoms in total. The molecule has 5 unspecified atom stereocenters. The fourth-order valence-electron chi connectivity index (χ4n) is 10.5. The number of hydrogen-bond acceptors (Lipinski definition) is 15. The predicted molar refractivity (Wildman–Crippen MR) is 427 cm³/mol. The van der Waals surface area contributed by atoms with Gasteiger partial charge in [-0.05, 0) is 135 Å². The lowest BCUT2D eigenvalue weighted by Crippen LogP contribution is -2.30. The Bertz CT molecular complexity index is 2490. The number of ether oxygens (including phenoxy) is 4. The van der Waals surface area contributed by atoms with E-state index in [2.05, 4.69) is 149 Å². The first kappa shape index (κ1) is 99.2. The first-order chi connectivity index (χ1) is 50.7. The number of phosphoric acid groups is 2. The molecule has 0 bridgehead atoms. The van der Waals surface area contributed by atoms with Crippen LogP contribution in [0.1, 0.15) is 323 Å². The summed E-state index contributed by atoms with van der Waals surface area (Å²) in [5.41, 5.74) is 0. The summed E-state index contributed by atoms with van der Waals surface area (Å²) in [6.07, 6.45) is 85.8. The SMILES string of the molecule is CC/C=C\C/C=C\C/C=C\C/C=C\C/C=C\CCCC(=O)OCC(COP(=O)(O)OCC(O)COP(=O)(O)OCC(COC(=O)CCCCCCCC/C=C\C/C=C\C/C=C\CCCCC)OC(=O)CCCCCCCCC/C=C\C/C=C\C/C=C\CC)OC(=O)CCCCCCCCCCCCC. The number of carbonyl (C=O) groups is 4. The second-order valence-corrected chi connectivity index (χ2v) is 29.5. The average Bonchev–Trinajstić information content (AvgIpc) is 0.906. The van der Waals surface area contributed by atoms with Crippen LogP contribution in [0, 0.1) is 0 Å². The van der Waals surface area contributed by atoms with Crippen LogP contribution in [0.2, 0.25) is 0 Å². The van der Waals surface area contributed by atoms with E-state index in [-0.39, 0.29) is 25.7 Å². The summed E-state index contributed by atoms with van der Waals surface area (Å²) in [5, 5.41) is 10.6. The van der Waals surface area contributed by atoms with Gasteiger partial charge in [-0.3, -0.25) is 37.3 Å². The number of esters is 4.